The van der Waals surface area contributed by atoms with Crippen LogP contribution in [0.4, 0.5) is 0 Å². The van der Waals surface area contributed by atoms with Gasteiger partial charge < -0.3 is 4.43 Å². The van der Waals surface area contributed by atoms with Gasteiger partial charge in [-0.05, 0) is 29.1 Å². The highest BCUT2D eigenvalue weighted by molar-refractivity contribution is 9.26. The van der Waals surface area contributed by atoms with Crippen molar-refractivity contribution in [2.75, 3.05) is 6.61 Å². The third kappa shape index (κ3) is 5.47. The molecule has 110 valence electrons. The topological polar surface area (TPSA) is 9.23 Å². The molecule has 0 spiro atoms. The van der Waals surface area contributed by atoms with Crippen LogP contribution in [-0.4, -0.2) is 21.6 Å². The zero-order chi connectivity index (χ0) is 14.6. The minimum absolute atomic E-state index is 0.701. The zero-order valence-electron chi connectivity index (χ0n) is 13.6. The number of hydrogen-bond acceptors (Lipinski definition) is 1. The molecule has 0 amide bonds. The molecule has 0 aliphatic rings. The predicted octanol–water partition coefficient (Wildman–Crippen LogP) is 6.17. The van der Waals surface area contributed by atoms with E-state index in [1.54, 1.807) is 0 Å². The van der Waals surface area contributed by atoms with E-state index in [0.29, 0.717) is 16.6 Å². The first-order valence-electron chi connectivity index (χ1n) is 7.37. The Labute approximate surface area is 125 Å². The van der Waals surface area contributed by atoms with Gasteiger partial charge in [-0.3, -0.25) is 0 Å². The van der Waals surface area contributed by atoms with E-state index >= 15 is 0 Å². The first-order valence-corrected chi connectivity index (χ1v) is 15.0. The molecule has 0 N–H and O–H groups in total. The number of halogens is 1. The van der Waals surface area contributed by atoms with E-state index in [4.69, 9.17) is 4.43 Å². The lowest BCUT2D eigenvalue weighted by molar-refractivity contribution is 0.277. The summed E-state index contributed by atoms with van der Waals surface area (Å²) in [7, 11) is -1.62. The van der Waals surface area contributed by atoms with Crippen LogP contribution in [0.5, 0.6) is 0 Å². The highest BCUT2D eigenvalue weighted by atomic mass is 79.9. The second-order valence-corrected chi connectivity index (χ2v) is 22.8. The smallest absolute Gasteiger partial charge is 0.200 e. The molecule has 0 rings (SSSR count). The van der Waals surface area contributed by atoms with Crippen LogP contribution in [0.2, 0.25) is 35.8 Å². The van der Waals surface area contributed by atoms with Crippen LogP contribution in [0.3, 0.4) is 0 Å². The molecular formula is C14H33BrOSi2. The summed E-state index contributed by atoms with van der Waals surface area (Å²) in [6.45, 7) is 18.7. The predicted molar refractivity (Wildman–Crippen MR) is 92.8 cm³/mol. The Bertz CT molecular complexity index is 213. The van der Waals surface area contributed by atoms with Crippen molar-refractivity contribution in [1.29, 1.82) is 0 Å². The van der Waals surface area contributed by atoms with E-state index in [9.17, 15) is 0 Å². The Morgan fingerprint density at radius 3 is 1.56 bits per heavy atom. The van der Waals surface area contributed by atoms with Crippen LogP contribution >= 0.6 is 15.3 Å². The molecular weight excluding hydrogens is 320 g/mol. The molecule has 0 aromatic heterocycles. The van der Waals surface area contributed by atoms with Gasteiger partial charge in [0.25, 0.3) is 0 Å². The molecule has 0 saturated heterocycles. The van der Waals surface area contributed by atoms with Gasteiger partial charge in [0.2, 0.25) is 0 Å². The third-order valence-electron chi connectivity index (χ3n) is 3.97. The highest BCUT2D eigenvalue weighted by Crippen LogP contribution is 2.42. The fourth-order valence-electron chi connectivity index (χ4n) is 3.24. The van der Waals surface area contributed by atoms with Crippen LogP contribution < -0.4 is 0 Å². The van der Waals surface area contributed by atoms with E-state index in [1.807, 2.05) is 0 Å². The molecule has 0 aromatic carbocycles. The molecule has 0 atom stereocenters. The fraction of sp³-hybridized carbons (Fsp3) is 1.00. The molecule has 0 bridgehead atoms. The maximum atomic E-state index is 6.55. The Balaban J connectivity index is 4.53. The van der Waals surface area contributed by atoms with Gasteiger partial charge in [0.15, 0.2) is 8.32 Å². The number of rotatable bonds is 8. The molecule has 0 heterocycles. The van der Waals surface area contributed by atoms with Gasteiger partial charge in [-0.1, -0.05) is 54.6 Å². The largest absolute Gasteiger partial charge is 0.416 e. The fourth-order valence-corrected chi connectivity index (χ4v) is 10.6. The normalized spacial score (nSPS) is 14.0. The summed E-state index contributed by atoms with van der Waals surface area (Å²) in [5.74, 6) is 0. The van der Waals surface area contributed by atoms with Crippen molar-refractivity contribution in [2.24, 2.45) is 0 Å². The quantitative estimate of drug-likeness (QED) is 0.288. The number of hydrogen-bond donors (Lipinski definition) is 0. The van der Waals surface area contributed by atoms with E-state index in [-0.39, 0.29) is 0 Å². The monoisotopic (exact) mass is 352 g/mol. The Morgan fingerprint density at radius 1 is 0.889 bits per heavy atom. The lowest BCUT2D eigenvalue weighted by atomic mass is 10.5. The molecule has 0 aromatic rings. The lowest BCUT2D eigenvalue weighted by Gasteiger charge is -2.42. The molecule has 1 nitrogen and oxygen atoms in total. The standard InChI is InChI=1S/C14H33BrOSi2/c1-12(2)18(13(3)4,14(5)6)16-10-9-11-17(7,8)15/h12-14H,9-11H2,1-8H3. The molecule has 4 heteroatoms. The van der Waals surface area contributed by atoms with Gasteiger partial charge in [-0.15, -0.1) is 15.3 Å². The first kappa shape index (κ1) is 18.9. The van der Waals surface area contributed by atoms with Crippen LogP contribution in [-0.2, 0) is 4.43 Å². The van der Waals surface area contributed by atoms with Gasteiger partial charge in [-0.25, -0.2) is 0 Å². The maximum absolute atomic E-state index is 6.55. The van der Waals surface area contributed by atoms with Gasteiger partial charge >= 0.3 is 0 Å². The molecule has 0 aliphatic heterocycles. The maximum Gasteiger partial charge on any atom is 0.200 e. The van der Waals surface area contributed by atoms with E-state index in [2.05, 4.69) is 69.9 Å². The van der Waals surface area contributed by atoms with Crippen molar-refractivity contribution < 1.29 is 4.43 Å². The Kier molecular flexibility index (Phi) is 7.97. The summed E-state index contributed by atoms with van der Waals surface area (Å²) in [6.07, 6.45) is 1.21. The van der Waals surface area contributed by atoms with E-state index < -0.39 is 15.0 Å². The minimum atomic E-state index is -1.62. The van der Waals surface area contributed by atoms with E-state index in [0.717, 1.165) is 6.61 Å². The summed E-state index contributed by atoms with van der Waals surface area (Å²) in [6, 6.07) is 1.31. The lowest BCUT2D eigenvalue weighted by Crippen LogP contribution is -2.48. The third-order valence-corrected chi connectivity index (χ3v) is 12.8. The minimum Gasteiger partial charge on any atom is -0.416 e. The van der Waals surface area contributed by atoms with Gasteiger partial charge in [0.05, 0.1) is 0 Å². The van der Waals surface area contributed by atoms with Crippen molar-refractivity contribution in [3.8, 4) is 0 Å². The second-order valence-electron chi connectivity index (χ2n) is 6.99. The average Bonchev–Trinajstić information content (AvgIpc) is 2.13. The van der Waals surface area contributed by atoms with Gasteiger partial charge in [0, 0.05) is 6.61 Å². The van der Waals surface area contributed by atoms with Crippen molar-refractivity contribution >= 4 is 30.3 Å². The first-order chi connectivity index (χ1) is 8.04. The molecule has 0 saturated carbocycles. The van der Waals surface area contributed by atoms with Crippen molar-refractivity contribution in [1.82, 2.24) is 0 Å². The Morgan fingerprint density at radius 2 is 1.28 bits per heavy atom. The summed E-state index contributed by atoms with van der Waals surface area (Å²) in [5.41, 5.74) is 2.10. The summed E-state index contributed by atoms with van der Waals surface area (Å²) in [4.78, 5) is 0. The van der Waals surface area contributed by atoms with Gasteiger partial charge in [-0.2, -0.15) is 0 Å². The molecule has 0 unspecified atom stereocenters. The summed E-state index contributed by atoms with van der Waals surface area (Å²) in [5, 5.41) is 0. The second kappa shape index (κ2) is 7.60. The molecule has 0 fully saturated rings. The van der Waals surface area contributed by atoms with Crippen molar-refractivity contribution in [2.45, 2.75) is 83.7 Å². The highest BCUT2D eigenvalue weighted by Gasteiger charge is 2.44. The average molecular weight is 353 g/mol. The summed E-state index contributed by atoms with van der Waals surface area (Å²) < 4.78 is 6.55. The van der Waals surface area contributed by atoms with Gasteiger partial charge in [0.1, 0.15) is 6.69 Å². The van der Waals surface area contributed by atoms with Crippen LogP contribution in [0.25, 0.3) is 0 Å². The van der Waals surface area contributed by atoms with Crippen molar-refractivity contribution in [3.63, 3.8) is 0 Å². The van der Waals surface area contributed by atoms with Crippen LogP contribution in [0, 0.1) is 0 Å². The van der Waals surface area contributed by atoms with E-state index in [1.165, 1.54) is 12.5 Å². The van der Waals surface area contributed by atoms with Crippen LogP contribution in [0.15, 0.2) is 0 Å². The zero-order valence-corrected chi connectivity index (χ0v) is 17.2. The SMILES string of the molecule is CC(C)[Si](OCCC[Si](C)(C)Br)(C(C)C)C(C)C. The molecule has 0 aliphatic carbocycles. The van der Waals surface area contributed by atoms with Crippen molar-refractivity contribution in [3.05, 3.63) is 0 Å². The molecule has 0 radical (unpaired) electrons. The van der Waals surface area contributed by atoms with Crippen LogP contribution in [0.1, 0.15) is 48.0 Å². The molecule has 18 heavy (non-hydrogen) atoms. The Hall–Kier alpha value is 0.874. The summed E-state index contributed by atoms with van der Waals surface area (Å²) >= 11 is 3.84.